The smallest absolute Gasteiger partial charge is 0.0652 e. The van der Waals surface area contributed by atoms with Crippen LogP contribution in [-0.2, 0) is 0 Å². The van der Waals surface area contributed by atoms with E-state index in [1.54, 1.807) is 0 Å². The summed E-state index contributed by atoms with van der Waals surface area (Å²) < 4.78 is 0. The molecule has 1 heterocycles. The zero-order valence-electron chi connectivity index (χ0n) is 7.55. The van der Waals surface area contributed by atoms with Crippen molar-refractivity contribution in [1.82, 2.24) is 5.32 Å². The molecule has 1 aliphatic heterocycles. The van der Waals surface area contributed by atoms with Gasteiger partial charge in [-0.3, -0.25) is 0 Å². The molecule has 3 heteroatoms. The Morgan fingerprint density at radius 3 is 2.58 bits per heavy atom. The number of hydrogen-bond acceptors (Lipinski definition) is 2. The Morgan fingerprint density at radius 1 is 1.50 bits per heavy atom. The summed E-state index contributed by atoms with van der Waals surface area (Å²) >= 11 is 0. The van der Waals surface area contributed by atoms with Gasteiger partial charge in [0.25, 0.3) is 0 Å². The van der Waals surface area contributed by atoms with Crippen LogP contribution < -0.4 is 5.32 Å². The number of nitrogens with zero attached hydrogens (tertiary/aromatic N) is 1. The normalized spacial score (nSPS) is 20.7. The molecule has 0 amide bonds. The molecule has 0 saturated carbocycles. The highest BCUT2D eigenvalue weighted by Gasteiger charge is 2.15. The minimum Gasteiger partial charge on any atom is -0.317 e. The van der Waals surface area contributed by atoms with Crippen molar-refractivity contribution in [3.8, 4) is 6.07 Å². The van der Waals surface area contributed by atoms with Crippen LogP contribution in [0.3, 0.4) is 0 Å². The van der Waals surface area contributed by atoms with Crippen molar-refractivity contribution >= 4 is 12.4 Å². The van der Waals surface area contributed by atoms with Gasteiger partial charge < -0.3 is 5.32 Å². The maximum atomic E-state index is 8.60. The van der Waals surface area contributed by atoms with Crippen LogP contribution in [0.4, 0.5) is 0 Å². The van der Waals surface area contributed by atoms with Crippen LogP contribution in [0.25, 0.3) is 0 Å². The van der Waals surface area contributed by atoms with Crippen molar-refractivity contribution in [2.24, 2.45) is 11.8 Å². The van der Waals surface area contributed by atoms with E-state index in [1.165, 1.54) is 12.8 Å². The Kier molecular flexibility index (Phi) is 6.14. The summed E-state index contributed by atoms with van der Waals surface area (Å²) in [6, 6.07) is 2.29. The second-order valence-corrected chi connectivity index (χ2v) is 3.46. The summed E-state index contributed by atoms with van der Waals surface area (Å²) in [5.74, 6) is 1.05. The molecule has 0 aromatic carbocycles. The molecule has 12 heavy (non-hydrogen) atoms. The van der Waals surface area contributed by atoms with Crippen molar-refractivity contribution in [3.63, 3.8) is 0 Å². The summed E-state index contributed by atoms with van der Waals surface area (Å²) in [7, 11) is 0. The molecule has 70 valence electrons. The van der Waals surface area contributed by atoms with Crippen LogP contribution in [0.15, 0.2) is 0 Å². The molecule has 0 spiro atoms. The van der Waals surface area contributed by atoms with Crippen molar-refractivity contribution in [2.45, 2.75) is 26.2 Å². The lowest BCUT2D eigenvalue weighted by atomic mass is 9.89. The molecule has 0 radical (unpaired) electrons. The van der Waals surface area contributed by atoms with Crippen molar-refractivity contribution in [1.29, 1.82) is 5.26 Å². The van der Waals surface area contributed by atoms with Gasteiger partial charge in [-0.1, -0.05) is 0 Å². The first kappa shape index (κ1) is 11.7. The third kappa shape index (κ3) is 3.94. The van der Waals surface area contributed by atoms with E-state index in [-0.39, 0.29) is 18.3 Å². The van der Waals surface area contributed by atoms with Crippen LogP contribution in [0.2, 0.25) is 0 Å². The molecule has 0 aromatic rings. The summed E-state index contributed by atoms with van der Waals surface area (Å²) in [5, 5.41) is 11.9. The van der Waals surface area contributed by atoms with Gasteiger partial charge in [0.15, 0.2) is 0 Å². The van der Waals surface area contributed by atoms with E-state index in [1.807, 2.05) is 6.92 Å². The standard InChI is InChI=1S/C9H16N2.ClH/c1-8(7-10)6-9-2-4-11-5-3-9;/h8-9,11H,2-6H2,1H3;1H/t8-;/m0./s1. The second-order valence-electron chi connectivity index (χ2n) is 3.46. The number of halogens is 1. The van der Waals surface area contributed by atoms with Gasteiger partial charge in [0.1, 0.15) is 0 Å². The SMILES string of the molecule is C[C@H](C#N)CC1CCNCC1.Cl. The molecule has 1 rings (SSSR count). The Bertz CT molecular complexity index is 147. The van der Waals surface area contributed by atoms with Crippen LogP contribution in [0, 0.1) is 23.2 Å². The third-order valence-electron chi connectivity index (χ3n) is 2.37. The molecular formula is C9H17ClN2. The van der Waals surface area contributed by atoms with Gasteiger partial charge in [-0.15, -0.1) is 12.4 Å². The Labute approximate surface area is 80.7 Å². The van der Waals surface area contributed by atoms with Crippen LogP contribution in [0.1, 0.15) is 26.2 Å². The molecule has 0 bridgehead atoms. The van der Waals surface area contributed by atoms with Gasteiger partial charge in [-0.2, -0.15) is 5.26 Å². The molecule has 1 saturated heterocycles. The first-order valence-electron chi connectivity index (χ1n) is 4.43. The number of hydrogen-bond donors (Lipinski definition) is 1. The minimum atomic E-state index is 0. The van der Waals surface area contributed by atoms with E-state index in [0.29, 0.717) is 0 Å². The van der Waals surface area contributed by atoms with Crippen LogP contribution in [0.5, 0.6) is 0 Å². The third-order valence-corrected chi connectivity index (χ3v) is 2.37. The lowest BCUT2D eigenvalue weighted by Crippen LogP contribution is -2.28. The Balaban J connectivity index is 0.00000121. The molecule has 2 nitrogen and oxygen atoms in total. The maximum absolute atomic E-state index is 8.60. The average molecular weight is 189 g/mol. The predicted octanol–water partition coefficient (Wildman–Crippen LogP) is 1.96. The fraction of sp³-hybridized carbons (Fsp3) is 0.889. The predicted molar refractivity (Wildman–Crippen MR) is 52.2 cm³/mol. The fourth-order valence-electron chi connectivity index (χ4n) is 1.67. The summed E-state index contributed by atoms with van der Waals surface area (Å²) in [4.78, 5) is 0. The quantitative estimate of drug-likeness (QED) is 0.719. The van der Waals surface area contributed by atoms with Gasteiger partial charge in [-0.05, 0) is 45.2 Å². The van der Waals surface area contributed by atoms with Crippen LogP contribution in [-0.4, -0.2) is 13.1 Å². The van der Waals surface area contributed by atoms with E-state index < -0.39 is 0 Å². The molecule has 0 unspecified atom stereocenters. The van der Waals surface area contributed by atoms with Gasteiger partial charge in [0.2, 0.25) is 0 Å². The first-order valence-corrected chi connectivity index (χ1v) is 4.43. The van der Waals surface area contributed by atoms with Crippen molar-refractivity contribution in [2.75, 3.05) is 13.1 Å². The fourth-order valence-corrected chi connectivity index (χ4v) is 1.67. The number of rotatable bonds is 2. The molecule has 0 aliphatic carbocycles. The molecule has 1 fully saturated rings. The summed E-state index contributed by atoms with van der Waals surface area (Å²) in [6.07, 6.45) is 3.61. The molecular weight excluding hydrogens is 172 g/mol. The highest BCUT2D eigenvalue weighted by molar-refractivity contribution is 5.85. The molecule has 1 aliphatic rings. The molecule has 1 N–H and O–H groups in total. The lowest BCUT2D eigenvalue weighted by Gasteiger charge is -2.22. The van der Waals surface area contributed by atoms with Gasteiger partial charge in [0.05, 0.1) is 6.07 Å². The lowest BCUT2D eigenvalue weighted by molar-refractivity contribution is 0.331. The van der Waals surface area contributed by atoms with E-state index in [9.17, 15) is 0 Å². The van der Waals surface area contributed by atoms with Crippen LogP contribution >= 0.6 is 12.4 Å². The monoisotopic (exact) mass is 188 g/mol. The minimum absolute atomic E-state index is 0. The molecule has 1 atom stereocenters. The topological polar surface area (TPSA) is 35.8 Å². The number of piperidine rings is 1. The summed E-state index contributed by atoms with van der Waals surface area (Å²) in [6.45, 7) is 4.30. The molecule has 0 aromatic heterocycles. The number of nitriles is 1. The van der Waals surface area contributed by atoms with E-state index in [0.717, 1.165) is 25.4 Å². The highest BCUT2D eigenvalue weighted by atomic mass is 35.5. The number of nitrogens with one attached hydrogen (secondary N) is 1. The van der Waals surface area contributed by atoms with Gasteiger partial charge in [-0.25, -0.2) is 0 Å². The highest BCUT2D eigenvalue weighted by Crippen LogP contribution is 2.20. The average Bonchev–Trinajstić information content (AvgIpc) is 2.06. The Hall–Kier alpha value is -0.260. The van der Waals surface area contributed by atoms with E-state index in [2.05, 4.69) is 11.4 Å². The zero-order valence-corrected chi connectivity index (χ0v) is 8.36. The van der Waals surface area contributed by atoms with Crippen molar-refractivity contribution < 1.29 is 0 Å². The van der Waals surface area contributed by atoms with Gasteiger partial charge >= 0.3 is 0 Å². The zero-order chi connectivity index (χ0) is 8.10. The maximum Gasteiger partial charge on any atom is 0.0652 e. The first-order chi connectivity index (χ1) is 5.33. The second kappa shape index (κ2) is 6.28. The Morgan fingerprint density at radius 2 is 2.08 bits per heavy atom. The van der Waals surface area contributed by atoms with E-state index >= 15 is 0 Å². The largest absolute Gasteiger partial charge is 0.317 e. The van der Waals surface area contributed by atoms with Crippen molar-refractivity contribution in [3.05, 3.63) is 0 Å². The summed E-state index contributed by atoms with van der Waals surface area (Å²) in [5.41, 5.74) is 0. The van der Waals surface area contributed by atoms with E-state index in [4.69, 9.17) is 5.26 Å². The van der Waals surface area contributed by atoms with Gasteiger partial charge in [0, 0.05) is 5.92 Å².